The number of anilines is 1. The van der Waals surface area contributed by atoms with Gasteiger partial charge in [-0.15, -0.1) is 0 Å². The molecule has 1 N–H and O–H groups in total. The lowest BCUT2D eigenvalue weighted by Crippen LogP contribution is -2.13. The summed E-state index contributed by atoms with van der Waals surface area (Å²) in [6.45, 7) is 0. The Morgan fingerprint density at radius 1 is 1.21 bits per heavy atom. The molecule has 128 valence electrons. The maximum atomic E-state index is 12.6. The van der Waals surface area contributed by atoms with Crippen LogP contribution in [0.1, 0.15) is 17.5 Å². The van der Waals surface area contributed by atoms with Crippen molar-refractivity contribution in [1.29, 1.82) is 0 Å². The van der Waals surface area contributed by atoms with Gasteiger partial charge in [0.2, 0.25) is 5.91 Å². The molecule has 0 aliphatic rings. The summed E-state index contributed by atoms with van der Waals surface area (Å²) in [5, 5.41) is 2.90. The smallest absolute Gasteiger partial charge is 0.416 e. The Balaban J connectivity index is 1.95. The number of carbonyl (C=O) groups is 1. The molecule has 0 heterocycles. The highest BCUT2D eigenvalue weighted by Gasteiger charge is 2.30. The van der Waals surface area contributed by atoms with Crippen LogP contribution in [0.5, 0.6) is 5.75 Å². The van der Waals surface area contributed by atoms with E-state index in [1.165, 1.54) is 19.2 Å². The minimum absolute atomic E-state index is 0.114. The highest BCUT2D eigenvalue weighted by molar-refractivity contribution is 6.32. The van der Waals surface area contributed by atoms with Gasteiger partial charge in [-0.05, 0) is 42.3 Å². The summed E-state index contributed by atoms with van der Waals surface area (Å²) in [5.41, 5.74) is 0.143. The van der Waals surface area contributed by atoms with Gasteiger partial charge in [-0.2, -0.15) is 13.2 Å². The average Bonchev–Trinajstić information content (AvgIpc) is 2.52. The van der Waals surface area contributed by atoms with Crippen LogP contribution in [0.2, 0.25) is 5.02 Å². The van der Waals surface area contributed by atoms with Crippen LogP contribution in [0.25, 0.3) is 0 Å². The second-order valence-electron chi connectivity index (χ2n) is 5.10. The number of amides is 1. The van der Waals surface area contributed by atoms with E-state index in [-0.39, 0.29) is 18.0 Å². The Morgan fingerprint density at radius 3 is 2.58 bits per heavy atom. The van der Waals surface area contributed by atoms with E-state index < -0.39 is 11.7 Å². The number of nitrogens with one attached hydrogen (secondary N) is 1. The van der Waals surface area contributed by atoms with Crippen molar-refractivity contribution in [2.45, 2.75) is 19.0 Å². The number of aryl methyl sites for hydroxylation is 1. The van der Waals surface area contributed by atoms with Gasteiger partial charge in [0.1, 0.15) is 5.75 Å². The van der Waals surface area contributed by atoms with Crippen molar-refractivity contribution < 1.29 is 22.7 Å². The summed E-state index contributed by atoms with van der Waals surface area (Å²) in [5.74, 6) is 0.162. The summed E-state index contributed by atoms with van der Waals surface area (Å²) < 4.78 is 43.0. The molecule has 3 nitrogen and oxygen atoms in total. The van der Waals surface area contributed by atoms with Crippen molar-refractivity contribution in [2.24, 2.45) is 0 Å². The average molecular weight is 358 g/mol. The lowest BCUT2D eigenvalue weighted by Gasteiger charge is -2.10. The Morgan fingerprint density at radius 2 is 1.96 bits per heavy atom. The molecule has 7 heteroatoms. The third kappa shape index (κ3) is 4.89. The molecule has 0 aliphatic heterocycles. The van der Waals surface area contributed by atoms with E-state index in [2.05, 4.69) is 5.32 Å². The number of halogens is 4. The zero-order chi connectivity index (χ0) is 17.7. The Kier molecular flexibility index (Phi) is 5.72. The molecule has 2 aromatic carbocycles. The van der Waals surface area contributed by atoms with Crippen molar-refractivity contribution in [3.63, 3.8) is 0 Å². The van der Waals surface area contributed by atoms with Crippen LogP contribution in [-0.2, 0) is 17.4 Å². The zero-order valence-electron chi connectivity index (χ0n) is 12.8. The van der Waals surface area contributed by atoms with Crippen LogP contribution in [-0.4, -0.2) is 13.0 Å². The van der Waals surface area contributed by atoms with Crippen LogP contribution >= 0.6 is 11.6 Å². The first-order valence-corrected chi connectivity index (χ1v) is 7.47. The minimum atomic E-state index is -4.44. The standard InChI is InChI=1S/C17H15ClF3NO2/c1-24-15-7-5-11(9-14(15)18)6-8-16(23)22-13-4-2-3-12(10-13)17(19,20)21/h2-5,7,9-10H,6,8H2,1H3,(H,22,23). The Labute approximate surface area is 142 Å². The van der Waals surface area contributed by atoms with Gasteiger partial charge in [0, 0.05) is 12.1 Å². The molecule has 0 spiro atoms. The van der Waals surface area contributed by atoms with Gasteiger partial charge in [-0.1, -0.05) is 23.7 Å². The minimum Gasteiger partial charge on any atom is -0.495 e. The van der Waals surface area contributed by atoms with Gasteiger partial charge in [0.15, 0.2) is 0 Å². The molecule has 0 saturated heterocycles. The Bertz CT molecular complexity index is 732. The van der Waals surface area contributed by atoms with E-state index >= 15 is 0 Å². The number of methoxy groups -OCH3 is 1. The molecule has 0 saturated carbocycles. The van der Waals surface area contributed by atoms with Gasteiger partial charge in [-0.25, -0.2) is 0 Å². The molecule has 0 atom stereocenters. The van der Waals surface area contributed by atoms with E-state index in [0.29, 0.717) is 17.2 Å². The van der Waals surface area contributed by atoms with Crippen LogP contribution in [0.4, 0.5) is 18.9 Å². The molecular formula is C17H15ClF3NO2. The lowest BCUT2D eigenvalue weighted by atomic mass is 10.1. The Hall–Kier alpha value is -2.21. The number of alkyl halides is 3. The molecule has 24 heavy (non-hydrogen) atoms. The second-order valence-corrected chi connectivity index (χ2v) is 5.50. The van der Waals surface area contributed by atoms with Crippen molar-refractivity contribution in [3.8, 4) is 5.75 Å². The highest BCUT2D eigenvalue weighted by atomic mass is 35.5. The number of hydrogen-bond donors (Lipinski definition) is 1. The molecule has 0 fully saturated rings. The van der Waals surface area contributed by atoms with E-state index in [9.17, 15) is 18.0 Å². The molecule has 2 rings (SSSR count). The first kappa shape index (κ1) is 18.1. The second kappa shape index (κ2) is 7.57. The fraction of sp³-hybridized carbons (Fsp3) is 0.235. The van der Waals surface area contributed by atoms with E-state index in [0.717, 1.165) is 17.7 Å². The predicted octanol–water partition coefficient (Wildman–Crippen LogP) is 4.94. The van der Waals surface area contributed by atoms with Crippen LogP contribution in [0.15, 0.2) is 42.5 Å². The summed E-state index contributed by atoms with van der Waals surface area (Å²) >= 11 is 6.00. The zero-order valence-corrected chi connectivity index (χ0v) is 13.5. The third-order valence-corrected chi connectivity index (χ3v) is 3.63. The molecule has 0 unspecified atom stereocenters. The predicted molar refractivity (Wildman–Crippen MR) is 86.4 cm³/mol. The fourth-order valence-electron chi connectivity index (χ4n) is 2.12. The van der Waals surface area contributed by atoms with E-state index in [1.54, 1.807) is 18.2 Å². The first-order valence-electron chi connectivity index (χ1n) is 7.09. The fourth-order valence-corrected chi connectivity index (χ4v) is 2.40. The largest absolute Gasteiger partial charge is 0.495 e. The SMILES string of the molecule is COc1ccc(CCC(=O)Nc2cccc(C(F)(F)F)c2)cc1Cl. The normalized spacial score (nSPS) is 11.2. The quantitative estimate of drug-likeness (QED) is 0.823. The summed E-state index contributed by atoms with van der Waals surface area (Å²) in [7, 11) is 1.50. The van der Waals surface area contributed by atoms with Crippen molar-refractivity contribution in [1.82, 2.24) is 0 Å². The summed E-state index contributed by atoms with van der Waals surface area (Å²) in [4.78, 5) is 11.9. The number of rotatable bonds is 5. The molecule has 0 aliphatic carbocycles. The van der Waals surface area contributed by atoms with Gasteiger partial charge in [0.05, 0.1) is 17.7 Å². The van der Waals surface area contributed by atoms with Crippen molar-refractivity contribution >= 4 is 23.2 Å². The third-order valence-electron chi connectivity index (χ3n) is 3.33. The van der Waals surface area contributed by atoms with Crippen LogP contribution < -0.4 is 10.1 Å². The van der Waals surface area contributed by atoms with Crippen molar-refractivity contribution in [2.75, 3.05) is 12.4 Å². The van der Waals surface area contributed by atoms with Crippen LogP contribution in [0, 0.1) is 0 Å². The van der Waals surface area contributed by atoms with Gasteiger partial charge < -0.3 is 10.1 Å². The van der Waals surface area contributed by atoms with E-state index in [1.807, 2.05) is 0 Å². The van der Waals surface area contributed by atoms with Gasteiger partial charge in [0.25, 0.3) is 0 Å². The maximum absolute atomic E-state index is 12.6. The lowest BCUT2D eigenvalue weighted by molar-refractivity contribution is -0.137. The van der Waals surface area contributed by atoms with Crippen molar-refractivity contribution in [3.05, 3.63) is 58.6 Å². The van der Waals surface area contributed by atoms with Gasteiger partial charge in [-0.3, -0.25) is 4.79 Å². The summed E-state index contributed by atoms with van der Waals surface area (Å²) in [6, 6.07) is 9.69. The monoisotopic (exact) mass is 357 g/mol. The number of benzene rings is 2. The number of carbonyl (C=O) groups excluding carboxylic acids is 1. The first-order chi connectivity index (χ1) is 11.3. The molecule has 0 bridgehead atoms. The number of hydrogen-bond acceptors (Lipinski definition) is 2. The molecular weight excluding hydrogens is 343 g/mol. The van der Waals surface area contributed by atoms with Gasteiger partial charge >= 0.3 is 6.18 Å². The molecule has 0 radical (unpaired) electrons. The van der Waals surface area contributed by atoms with E-state index in [4.69, 9.17) is 16.3 Å². The molecule has 1 amide bonds. The topological polar surface area (TPSA) is 38.3 Å². The maximum Gasteiger partial charge on any atom is 0.416 e. The molecule has 0 aromatic heterocycles. The van der Waals surface area contributed by atoms with Crippen LogP contribution in [0.3, 0.4) is 0 Å². The molecule has 2 aromatic rings. The highest BCUT2D eigenvalue weighted by Crippen LogP contribution is 2.30. The summed E-state index contributed by atoms with van der Waals surface area (Å²) in [6.07, 6.45) is -3.91. The number of ether oxygens (including phenoxy) is 1.